The standard InChI is InChI=1S/C18H13F3N5O3S/c1-30(28,29)17-22-6-5-13(23-17)16-15(24-14-10-25(27)7-8-26(14)16)11-3-2-4-12(9-11)18(19,20)21/h2-10,24H,1H3/q-1. The molecule has 0 spiro atoms. The van der Waals surface area contributed by atoms with E-state index in [1.54, 1.807) is 0 Å². The van der Waals surface area contributed by atoms with Crippen molar-refractivity contribution in [2.45, 2.75) is 11.3 Å². The summed E-state index contributed by atoms with van der Waals surface area (Å²) in [4.78, 5) is 9.31. The molecule has 2 aromatic rings. The van der Waals surface area contributed by atoms with Gasteiger partial charge in [0.15, 0.2) is 0 Å². The van der Waals surface area contributed by atoms with Crippen LogP contribution < -0.4 is 5.32 Å². The zero-order chi connectivity index (χ0) is 21.7. The van der Waals surface area contributed by atoms with E-state index in [1.165, 1.54) is 47.9 Å². The van der Waals surface area contributed by atoms with Gasteiger partial charge in [-0.15, -0.1) is 0 Å². The van der Waals surface area contributed by atoms with E-state index in [0.717, 1.165) is 18.4 Å². The Morgan fingerprint density at radius 1 is 1.17 bits per heavy atom. The fourth-order valence-corrected chi connectivity index (χ4v) is 3.51. The molecule has 1 N–H and O–H groups in total. The summed E-state index contributed by atoms with van der Waals surface area (Å²) >= 11 is 0. The van der Waals surface area contributed by atoms with Crippen LogP contribution in [-0.4, -0.2) is 34.6 Å². The molecule has 30 heavy (non-hydrogen) atoms. The van der Waals surface area contributed by atoms with E-state index >= 15 is 0 Å². The third-order valence-electron chi connectivity index (χ3n) is 4.29. The smallest absolute Gasteiger partial charge is 0.416 e. The Bertz CT molecular complexity index is 1220. The van der Waals surface area contributed by atoms with E-state index in [2.05, 4.69) is 15.3 Å². The van der Waals surface area contributed by atoms with Gasteiger partial charge in [-0.2, -0.15) is 13.2 Å². The van der Waals surface area contributed by atoms with Crippen LogP contribution >= 0.6 is 0 Å². The number of aromatic nitrogens is 2. The third-order valence-corrected chi connectivity index (χ3v) is 5.15. The molecule has 0 fully saturated rings. The van der Waals surface area contributed by atoms with Gasteiger partial charge in [0, 0.05) is 36.6 Å². The van der Waals surface area contributed by atoms with Crippen molar-refractivity contribution in [1.82, 2.24) is 25.2 Å². The summed E-state index contributed by atoms with van der Waals surface area (Å²) in [6, 6.07) is 6.05. The highest BCUT2D eigenvalue weighted by Gasteiger charge is 2.34. The second kappa shape index (κ2) is 6.85. The molecule has 2 aliphatic heterocycles. The Morgan fingerprint density at radius 2 is 1.93 bits per heavy atom. The molecular weight excluding hydrogens is 423 g/mol. The van der Waals surface area contributed by atoms with Crippen LogP contribution in [0.5, 0.6) is 0 Å². The molecule has 8 nitrogen and oxygen atoms in total. The Kier molecular flexibility index (Phi) is 4.55. The summed E-state index contributed by atoms with van der Waals surface area (Å²) < 4.78 is 63.3. The Hall–Kier alpha value is -3.38. The third kappa shape index (κ3) is 3.62. The minimum atomic E-state index is -4.55. The molecule has 12 heteroatoms. The fourth-order valence-electron chi connectivity index (χ4n) is 3.00. The largest absolute Gasteiger partial charge is 0.754 e. The predicted molar refractivity (Wildman–Crippen MR) is 101 cm³/mol. The SMILES string of the molecule is CS(=O)(=O)c1nccc(C2=C(c3cccc(C(F)(F)F)c3)NC3=CN([O-])C=CN32)n1. The number of hydrogen-bond donors (Lipinski definition) is 1. The van der Waals surface area contributed by atoms with E-state index in [4.69, 9.17) is 0 Å². The zero-order valence-electron chi connectivity index (χ0n) is 15.3. The number of benzene rings is 1. The van der Waals surface area contributed by atoms with Gasteiger partial charge in [-0.3, -0.25) is 4.90 Å². The van der Waals surface area contributed by atoms with E-state index in [0.29, 0.717) is 5.06 Å². The summed E-state index contributed by atoms with van der Waals surface area (Å²) in [5.41, 5.74) is -0.0195. The van der Waals surface area contributed by atoms with Crippen LogP contribution in [0.3, 0.4) is 0 Å². The van der Waals surface area contributed by atoms with Gasteiger partial charge in [0.1, 0.15) is 5.82 Å². The number of sulfone groups is 1. The minimum absolute atomic E-state index is 0.151. The van der Waals surface area contributed by atoms with Crippen molar-refractivity contribution < 1.29 is 21.6 Å². The molecule has 0 radical (unpaired) electrons. The van der Waals surface area contributed by atoms with Crippen molar-refractivity contribution in [3.8, 4) is 0 Å². The lowest BCUT2D eigenvalue weighted by molar-refractivity contribution is -0.137. The normalized spacial score (nSPS) is 16.5. The van der Waals surface area contributed by atoms with Crippen LogP contribution in [0, 0.1) is 5.21 Å². The van der Waals surface area contributed by atoms with Crippen LogP contribution in [0.4, 0.5) is 13.2 Å². The Labute approximate surface area is 169 Å². The average Bonchev–Trinajstić information content (AvgIpc) is 3.05. The van der Waals surface area contributed by atoms with Crippen LogP contribution in [-0.2, 0) is 16.0 Å². The molecule has 4 rings (SSSR count). The number of fused-ring (bicyclic) bond motifs is 1. The first-order valence-electron chi connectivity index (χ1n) is 8.41. The first-order valence-corrected chi connectivity index (χ1v) is 10.3. The number of hydrogen-bond acceptors (Lipinski definition) is 8. The molecule has 0 saturated heterocycles. The lowest BCUT2D eigenvalue weighted by Gasteiger charge is -2.30. The van der Waals surface area contributed by atoms with Crippen molar-refractivity contribution >= 4 is 21.2 Å². The number of halogens is 3. The average molecular weight is 436 g/mol. The summed E-state index contributed by atoms with van der Waals surface area (Å²) in [6.07, 6.45) is 1.42. The molecule has 0 aliphatic carbocycles. The summed E-state index contributed by atoms with van der Waals surface area (Å²) in [6.45, 7) is 0. The molecule has 156 valence electrons. The molecule has 3 heterocycles. The van der Waals surface area contributed by atoms with Gasteiger partial charge in [0.25, 0.3) is 0 Å². The first kappa shape index (κ1) is 19.9. The van der Waals surface area contributed by atoms with E-state index in [-0.39, 0.29) is 28.5 Å². The maximum Gasteiger partial charge on any atom is 0.416 e. The molecule has 0 unspecified atom stereocenters. The maximum atomic E-state index is 13.2. The Balaban J connectivity index is 1.93. The van der Waals surface area contributed by atoms with E-state index < -0.39 is 26.7 Å². The number of rotatable bonds is 3. The number of nitrogens with one attached hydrogen (secondary N) is 1. The zero-order valence-corrected chi connectivity index (χ0v) is 16.1. The van der Waals surface area contributed by atoms with Gasteiger partial charge in [-0.25, -0.2) is 18.4 Å². The second-order valence-electron chi connectivity index (χ2n) is 6.47. The van der Waals surface area contributed by atoms with Crippen LogP contribution in [0.2, 0.25) is 0 Å². The quantitative estimate of drug-likeness (QED) is 0.733. The fraction of sp³-hybridized carbons (Fsp3) is 0.111. The number of hydroxylamine groups is 2. The molecule has 0 amide bonds. The molecule has 0 saturated carbocycles. The van der Waals surface area contributed by atoms with Crippen LogP contribution in [0.1, 0.15) is 16.8 Å². The van der Waals surface area contributed by atoms with Crippen molar-refractivity contribution in [2.24, 2.45) is 0 Å². The predicted octanol–water partition coefficient (Wildman–Crippen LogP) is 2.71. The Morgan fingerprint density at radius 3 is 2.63 bits per heavy atom. The van der Waals surface area contributed by atoms with Crippen molar-refractivity contribution in [2.75, 3.05) is 6.26 Å². The van der Waals surface area contributed by atoms with E-state index in [1.807, 2.05) is 0 Å². The molecule has 0 atom stereocenters. The van der Waals surface area contributed by atoms with Gasteiger partial charge < -0.3 is 15.6 Å². The lowest BCUT2D eigenvalue weighted by atomic mass is 10.1. The lowest BCUT2D eigenvalue weighted by Crippen LogP contribution is -2.23. The summed E-state index contributed by atoms with van der Waals surface area (Å²) in [5, 5.41) is 14.7. The van der Waals surface area contributed by atoms with Crippen LogP contribution in [0.15, 0.2) is 66.1 Å². The van der Waals surface area contributed by atoms with Crippen molar-refractivity contribution in [1.29, 1.82) is 0 Å². The maximum absolute atomic E-state index is 13.2. The highest BCUT2D eigenvalue weighted by molar-refractivity contribution is 7.90. The van der Waals surface area contributed by atoms with Gasteiger partial charge >= 0.3 is 6.18 Å². The number of nitrogens with zero attached hydrogens (tertiary/aromatic N) is 4. The monoisotopic (exact) mass is 436 g/mol. The first-order chi connectivity index (χ1) is 14.0. The minimum Gasteiger partial charge on any atom is -0.754 e. The van der Waals surface area contributed by atoms with Gasteiger partial charge in [0.05, 0.1) is 22.7 Å². The number of alkyl halides is 3. The molecule has 0 bridgehead atoms. The topological polar surface area (TPSA) is 101 Å². The van der Waals surface area contributed by atoms with Crippen molar-refractivity contribution in [3.05, 3.63) is 83.0 Å². The summed E-state index contributed by atoms with van der Waals surface area (Å²) in [7, 11) is -3.72. The van der Waals surface area contributed by atoms with Gasteiger partial charge in [-0.1, -0.05) is 12.1 Å². The van der Waals surface area contributed by atoms with Gasteiger partial charge in [0.2, 0.25) is 15.0 Å². The molecule has 2 aliphatic rings. The van der Waals surface area contributed by atoms with Crippen LogP contribution in [0.25, 0.3) is 11.4 Å². The molecule has 1 aromatic heterocycles. The highest BCUT2D eigenvalue weighted by Crippen LogP contribution is 2.39. The van der Waals surface area contributed by atoms with Gasteiger partial charge in [-0.05, 0) is 18.2 Å². The highest BCUT2D eigenvalue weighted by atomic mass is 32.2. The second-order valence-corrected chi connectivity index (χ2v) is 8.38. The van der Waals surface area contributed by atoms with Crippen molar-refractivity contribution in [3.63, 3.8) is 0 Å². The van der Waals surface area contributed by atoms with E-state index in [9.17, 15) is 26.8 Å². The molecular formula is C18H13F3N5O3S-. The molecule has 1 aromatic carbocycles. The summed E-state index contributed by atoms with van der Waals surface area (Å²) in [5.74, 6) is 0.273.